The van der Waals surface area contributed by atoms with Crippen molar-refractivity contribution in [2.75, 3.05) is 0 Å². The molecule has 2 aliphatic carbocycles. The summed E-state index contributed by atoms with van der Waals surface area (Å²) in [5.41, 5.74) is 4.85. The molecule has 20 heavy (non-hydrogen) atoms. The summed E-state index contributed by atoms with van der Waals surface area (Å²) in [6.45, 7) is 4.68. The van der Waals surface area contributed by atoms with Crippen LogP contribution in [0.4, 0.5) is 0 Å². The highest BCUT2D eigenvalue weighted by Gasteiger charge is 2.41. The standard InChI is InChI=1S/C19H27Cl/c1-14(2)13-19(10-3-4-11-19)18(20)17-9-8-15-6-5-7-16(15)12-17/h8-9,12,14,18H,3-7,10-11,13H2,1-2H3. The van der Waals surface area contributed by atoms with Crippen LogP contribution in [0.2, 0.25) is 0 Å². The van der Waals surface area contributed by atoms with E-state index < -0.39 is 0 Å². The van der Waals surface area contributed by atoms with Crippen LogP contribution in [-0.2, 0) is 12.8 Å². The molecule has 1 saturated carbocycles. The van der Waals surface area contributed by atoms with Crippen molar-refractivity contribution in [2.45, 2.75) is 70.6 Å². The van der Waals surface area contributed by atoms with E-state index in [9.17, 15) is 0 Å². The molecule has 0 heterocycles. The summed E-state index contributed by atoms with van der Waals surface area (Å²) in [5.74, 6) is 0.740. The number of hydrogen-bond acceptors (Lipinski definition) is 0. The molecule has 0 aromatic heterocycles. The molecular formula is C19H27Cl. The molecule has 0 spiro atoms. The minimum absolute atomic E-state index is 0.207. The first-order valence-electron chi connectivity index (χ1n) is 8.36. The second kappa shape index (κ2) is 5.72. The van der Waals surface area contributed by atoms with E-state index in [1.807, 2.05) is 0 Å². The maximum Gasteiger partial charge on any atom is 0.0641 e. The van der Waals surface area contributed by atoms with Gasteiger partial charge in [-0.05, 0) is 66.5 Å². The first kappa shape index (κ1) is 14.4. The zero-order chi connectivity index (χ0) is 14.2. The Kier molecular flexibility index (Phi) is 4.13. The van der Waals surface area contributed by atoms with Crippen molar-refractivity contribution in [1.29, 1.82) is 0 Å². The lowest BCUT2D eigenvalue weighted by molar-refractivity contribution is 0.223. The zero-order valence-corrected chi connectivity index (χ0v) is 13.7. The number of fused-ring (bicyclic) bond motifs is 1. The molecule has 0 bridgehead atoms. The van der Waals surface area contributed by atoms with Crippen molar-refractivity contribution >= 4 is 11.6 Å². The summed E-state index contributed by atoms with van der Waals surface area (Å²) in [5, 5.41) is 0.207. The molecule has 3 rings (SSSR count). The monoisotopic (exact) mass is 290 g/mol. The second-order valence-electron chi connectivity index (χ2n) is 7.41. The molecule has 110 valence electrons. The lowest BCUT2D eigenvalue weighted by Crippen LogP contribution is -2.24. The zero-order valence-electron chi connectivity index (χ0n) is 12.9. The molecule has 2 aliphatic rings. The summed E-state index contributed by atoms with van der Waals surface area (Å²) < 4.78 is 0. The minimum atomic E-state index is 0.207. The maximum absolute atomic E-state index is 7.02. The number of halogens is 1. The quantitative estimate of drug-likeness (QED) is 0.591. The highest BCUT2D eigenvalue weighted by atomic mass is 35.5. The van der Waals surface area contributed by atoms with Crippen molar-refractivity contribution in [3.8, 4) is 0 Å². The third kappa shape index (κ3) is 2.64. The van der Waals surface area contributed by atoms with Gasteiger partial charge in [-0.2, -0.15) is 0 Å². The fourth-order valence-electron chi connectivity index (χ4n) is 4.56. The summed E-state index contributed by atoms with van der Waals surface area (Å²) in [7, 11) is 0. The predicted molar refractivity (Wildman–Crippen MR) is 87.4 cm³/mol. The molecule has 1 aromatic rings. The van der Waals surface area contributed by atoms with Gasteiger partial charge in [0.25, 0.3) is 0 Å². The Balaban J connectivity index is 1.87. The Morgan fingerprint density at radius 3 is 2.45 bits per heavy atom. The molecule has 0 nitrogen and oxygen atoms in total. The van der Waals surface area contributed by atoms with E-state index in [1.165, 1.54) is 56.9 Å². The fourth-order valence-corrected chi connectivity index (χ4v) is 5.00. The molecule has 1 aromatic carbocycles. The van der Waals surface area contributed by atoms with Crippen molar-refractivity contribution in [3.05, 3.63) is 34.9 Å². The third-order valence-electron chi connectivity index (χ3n) is 5.37. The Bertz CT molecular complexity index is 469. The maximum atomic E-state index is 7.02. The van der Waals surface area contributed by atoms with Crippen LogP contribution in [0, 0.1) is 11.3 Å². The van der Waals surface area contributed by atoms with Crippen LogP contribution in [0.25, 0.3) is 0 Å². The Morgan fingerprint density at radius 1 is 1.05 bits per heavy atom. The number of alkyl halides is 1. The second-order valence-corrected chi connectivity index (χ2v) is 7.85. The summed E-state index contributed by atoms with van der Waals surface area (Å²) in [4.78, 5) is 0. The molecule has 0 radical (unpaired) electrons. The van der Waals surface area contributed by atoms with Crippen LogP contribution < -0.4 is 0 Å². The molecule has 1 heteroatoms. The molecule has 1 atom stereocenters. The van der Waals surface area contributed by atoms with Gasteiger partial charge in [0.05, 0.1) is 5.38 Å². The van der Waals surface area contributed by atoms with Gasteiger partial charge in [-0.15, -0.1) is 11.6 Å². The number of aryl methyl sites for hydroxylation is 2. The van der Waals surface area contributed by atoms with E-state index in [4.69, 9.17) is 11.6 Å². The number of benzene rings is 1. The number of hydrogen-bond donors (Lipinski definition) is 0. The molecule has 0 N–H and O–H groups in total. The third-order valence-corrected chi connectivity index (χ3v) is 6.08. The van der Waals surface area contributed by atoms with Crippen molar-refractivity contribution in [1.82, 2.24) is 0 Å². The Labute approximate surface area is 128 Å². The SMILES string of the molecule is CC(C)CC1(C(Cl)c2ccc3c(c2)CCC3)CCCC1. The molecular weight excluding hydrogens is 264 g/mol. The van der Waals surface area contributed by atoms with Crippen LogP contribution in [0.5, 0.6) is 0 Å². The van der Waals surface area contributed by atoms with Gasteiger partial charge in [0, 0.05) is 0 Å². The van der Waals surface area contributed by atoms with Crippen molar-refractivity contribution in [3.63, 3.8) is 0 Å². The Hall–Kier alpha value is -0.490. The average molecular weight is 291 g/mol. The van der Waals surface area contributed by atoms with Gasteiger partial charge in [0.15, 0.2) is 0 Å². The van der Waals surface area contributed by atoms with Crippen LogP contribution >= 0.6 is 11.6 Å². The van der Waals surface area contributed by atoms with Crippen LogP contribution in [0.1, 0.15) is 74.4 Å². The molecule has 0 aliphatic heterocycles. The topological polar surface area (TPSA) is 0 Å². The van der Waals surface area contributed by atoms with Crippen LogP contribution in [0.15, 0.2) is 18.2 Å². The van der Waals surface area contributed by atoms with Crippen LogP contribution in [-0.4, -0.2) is 0 Å². The molecule has 1 fully saturated rings. The lowest BCUT2D eigenvalue weighted by atomic mass is 9.73. The van der Waals surface area contributed by atoms with Crippen molar-refractivity contribution < 1.29 is 0 Å². The fraction of sp³-hybridized carbons (Fsp3) is 0.684. The molecule has 1 unspecified atom stereocenters. The van der Waals surface area contributed by atoms with Crippen LogP contribution in [0.3, 0.4) is 0 Å². The normalized spacial score (nSPS) is 22.2. The predicted octanol–water partition coefficient (Wildman–Crippen LogP) is 6.06. The number of rotatable bonds is 4. The first-order chi connectivity index (χ1) is 9.61. The van der Waals surface area contributed by atoms with E-state index in [2.05, 4.69) is 32.0 Å². The lowest BCUT2D eigenvalue weighted by Gasteiger charge is -2.36. The van der Waals surface area contributed by atoms with Gasteiger partial charge in [-0.1, -0.05) is 44.9 Å². The summed E-state index contributed by atoms with van der Waals surface area (Å²) in [6.07, 6.45) is 10.5. The van der Waals surface area contributed by atoms with E-state index >= 15 is 0 Å². The summed E-state index contributed by atoms with van der Waals surface area (Å²) >= 11 is 7.02. The largest absolute Gasteiger partial charge is 0.117 e. The van der Waals surface area contributed by atoms with Crippen molar-refractivity contribution in [2.24, 2.45) is 11.3 Å². The summed E-state index contributed by atoms with van der Waals surface area (Å²) in [6, 6.07) is 7.06. The van der Waals surface area contributed by atoms with E-state index in [0.717, 1.165) is 5.92 Å². The van der Waals surface area contributed by atoms with Gasteiger partial charge >= 0.3 is 0 Å². The van der Waals surface area contributed by atoms with E-state index in [0.29, 0.717) is 5.41 Å². The smallest absolute Gasteiger partial charge is 0.0641 e. The highest BCUT2D eigenvalue weighted by Crippen LogP contribution is 2.54. The van der Waals surface area contributed by atoms with Gasteiger partial charge in [0.2, 0.25) is 0 Å². The van der Waals surface area contributed by atoms with Gasteiger partial charge in [0.1, 0.15) is 0 Å². The van der Waals surface area contributed by atoms with E-state index in [-0.39, 0.29) is 5.38 Å². The molecule has 0 amide bonds. The average Bonchev–Trinajstić information content (AvgIpc) is 3.05. The highest BCUT2D eigenvalue weighted by molar-refractivity contribution is 6.21. The molecule has 0 saturated heterocycles. The van der Waals surface area contributed by atoms with Gasteiger partial charge in [-0.25, -0.2) is 0 Å². The first-order valence-corrected chi connectivity index (χ1v) is 8.80. The Morgan fingerprint density at radius 2 is 1.75 bits per heavy atom. The van der Waals surface area contributed by atoms with Gasteiger partial charge < -0.3 is 0 Å². The minimum Gasteiger partial charge on any atom is -0.117 e. The van der Waals surface area contributed by atoms with E-state index in [1.54, 1.807) is 11.1 Å². The van der Waals surface area contributed by atoms with Gasteiger partial charge in [-0.3, -0.25) is 0 Å².